The minimum atomic E-state index is 0. The van der Waals surface area contributed by atoms with Crippen molar-refractivity contribution in [2.24, 2.45) is 0 Å². The fraction of sp³-hybridized carbons (Fsp3) is 0.625. The number of hydrogen-bond donors (Lipinski definition) is 0. The van der Waals surface area contributed by atoms with Crippen molar-refractivity contribution >= 4 is 5.78 Å². The Kier molecular flexibility index (Phi) is 4.93. The molecule has 0 aliphatic heterocycles. The van der Waals surface area contributed by atoms with Gasteiger partial charge in [0.05, 0.1) is 5.89 Å². The van der Waals surface area contributed by atoms with Crippen LogP contribution in [0.3, 0.4) is 0 Å². The van der Waals surface area contributed by atoms with Crippen LogP contribution in [0.4, 0.5) is 0 Å². The van der Waals surface area contributed by atoms with E-state index >= 15 is 0 Å². The van der Waals surface area contributed by atoms with Crippen LogP contribution in [-0.2, 0) is 4.79 Å². The smallest absolute Gasteiger partial charge is 0.450 e. The van der Waals surface area contributed by atoms with E-state index in [0.717, 1.165) is 12.8 Å². The van der Waals surface area contributed by atoms with Crippen molar-refractivity contribution in [1.29, 1.82) is 0 Å². The maximum Gasteiger partial charge on any atom is 1.00 e. The molecule has 1 saturated carbocycles. The molecule has 64 valence electrons. The number of Topliss-reactive ketones (excluding diaryl/α,β-unsaturated/α-hetero) is 1. The minimum Gasteiger partial charge on any atom is -0.450 e. The van der Waals surface area contributed by atoms with Crippen molar-refractivity contribution in [1.82, 2.24) is 10.1 Å². The van der Waals surface area contributed by atoms with Crippen LogP contribution in [0.2, 0.25) is 0 Å². The predicted molar refractivity (Wildman–Crippen MR) is 39.4 cm³/mol. The molecule has 0 spiro atoms. The average molecular weight is 251 g/mol. The predicted octanol–water partition coefficient (Wildman–Crippen LogP) is -1.90. The van der Waals surface area contributed by atoms with E-state index in [0.29, 0.717) is 24.5 Å². The van der Waals surface area contributed by atoms with Gasteiger partial charge >= 0.3 is 58.2 Å². The number of nitrogens with zero attached hydrogens (tertiary/aromatic N) is 2. The second-order valence-corrected chi connectivity index (χ2v) is 3.05. The van der Waals surface area contributed by atoms with E-state index in [4.69, 9.17) is 4.52 Å². The molecule has 0 saturated heterocycles. The molecule has 1 aliphatic rings. The molecule has 2 rings (SSSR count). The van der Waals surface area contributed by atoms with Crippen LogP contribution in [0.5, 0.6) is 0 Å². The van der Waals surface area contributed by atoms with E-state index in [1.165, 1.54) is 0 Å². The van der Waals surface area contributed by atoms with Gasteiger partial charge in [-0.2, -0.15) is 5.16 Å². The molecule has 1 heterocycles. The first-order valence-corrected chi connectivity index (χ1v) is 4.07. The van der Waals surface area contributed by atoms with Crippen LogP contribution in [0.15, 0.2) is 4.52 Å². The zero-order valence-corrected chi connectivity index (χ0v) is 12.5. The first kappa shape index (κ1) is 11.7. The van der Waals surface area contributed by atoms with Crippen LogP contribution in [0.1, 0.15) is 37.5 Å². The monoisotopic (exact) mass is 250 g/mol. The maximum absolute atomic E-state index is 10.9. The summed E-state index contributed by atoms with van der Waals surface area (Å²) < 4.78 is 4.88. The number of aromatic nitrogens is 2. The van der Waals surface area contributed by atoms with Crippen molar-refractivity contribution in [3.8, 4) is 0 Å². The molecule has 0 aromatic carbocycles. The molecule has 0 atom stereocenters. The van der Waals surface area contributed by atoms with Crippen LogP contribution >= 0.6 is 0 Å². The van der Waals surface area contributed by atoms with Gasteiger partial charge in [0, 0.05) is 12.8 Å². The summed E-state index contributed by atoms with van der Waals surface area (Å²) in [6.07, 6.45) is 5.36. The molecule has 13 heavy (non-hydrogen) atoms. The summed E-state index contributed by atoms with van der Waals surface area (Å²) in [7, 11) is 0. The first-order chi connectivity index (χ1) is 5.86. The zero-order valence-electron chi connectivity index (χ0n) is 7.62. The summed E-state index contributed by atoms with van der Waals surface area (Å²) in [6, 6.07) is 0. The molecule has 0 amide bonds. The third-order valence-corrected chi connectivity index (χ3v) is 2.23. The van der Waals surface area contributed by atoms with Gasteiger partial charge < -0.3 is 9.51 Å². The Bertz CT molecular complexity index is 264. The van der Waals surface area contributed by atoms with Gasteiger partial charge in [-0.3, -0.25) is 4.79 Å². The average Bonchev–Trinajstić information content (AvgIpc) is 2.58. The standard InChI is InChI=1S/C8H9N2O2.Rb/c11-7-3-1-6(2-4-7)8-9-5-10-12-8;/h6H,1-4H2;/q-1;+1. The number of carbonyl (C=O) groups excluding carboxylic acids is 1. The summed E-state index contributed by atoms with van der Waals surface area (Å²) in [5.41, 5.74) is 0. The Morgan fingerprint density at radius 3 is 2.62 bits per heavy atom. The van der Waals surface area contributed by atoms with Crippen molar-refractivity contribution in [2.45, 2.75) is 31.6 Å². The normalized spacial score (nSPS) is 18.3. The molecule has 1 aromatic heterocycles. The van der Waals surface area contributed by atoms with Crippen LogP contribution in [0.25, 0.3) is 0 Å². The Morgan fingerprint density at radius 2 is 2.08 bits per heavy atom. The van der Waals surface area contributed by atoms with Crippen molar-refractivity contribution in [2.75, 3.05) is 0 Å². The van der Waals surface area contributed by atoms with Crippen molar-refractivity contribution in [3.63, 3.8) is 0 Å². The third-order valence-electron chi connectivity index (χ3n) is 2.23. The number of carbonyl (C=O) groups is 1. The second kappa shape index (κ2) is 5.48. The second-order valence-electron chi connectivity index (χ2n) is 3.05. The van der Waals surface area contributed by atoms with Gasteiger partial charge in [0.15, 0.2) is 0 Å². The molecule has 1 fully saturated rings. The maximum atomic E-state index is 10.9. The Hall–Kier alpha value is 0.615. The quantitative estimate of drug-likeness (QED) is 0.547. The Morgan fingerprint density at radius 1 is 1.38 bits per heavy atom. The first-order valence-electron chi connectivity index (χ1n) is 4.07. The zero-order chi connectivity index (χ0) is 8.39. The van der Waals surface area contributed by atoms with Gasteiger partial charge in [0.1, 0.15) is 5.78 Å². The van der Waals surface area contributed by atoms with Gasteiger partial charge in [-0.05, 0) is 12.2 Å². The summed E-state index contributed by atoms with van der Waals surface area (Å²) in [6.45, 7) is 0. The van der Waals surface area contributed by atoms with E-state index in [1.54, 1.807) is 0 Å². The van der Waals surface area contributed by atoms with Crippen LogP contribution in [-0.4, -0.2) is 15.9 Å². The van der Waals surface area contributed by atoms with E-state index < -0.39 is 0 Å². The van der Waals surface area contributed by atoms with Crippen LogP contribution in [0, 0.1) is 6.33 Å². The van der Waals surface area contributed by atoms with Crippen LogP contribution < -0.4 is 58.2 Å². The number of ketones is 1. The minimum absolute atomic E-state index is 0. The molecule has 5 heteroatoms. The summed E-state index contributed by atoms with van der Waals surface area (Å²) in [5.74, 6) is 1.25. The summed E-state index contributed by atoms with van der Waals surface area (Å²) >= 11 is 0. The van der Waals surface area contributed by atoms with Crippen molar-refractivity contribution < 1.29 is 67.5 Å². The van der Waals surface area contributed by atoms with Gasteiger partial charge in [0.25, 0.3) is 0 Å². The topological polar surface area (TPSA) is 56.0 Å². The fourth-order valence-electron chi connectivity index (χ4n) is 1.51. The van der Waals surface area contributed by atoms with E-state index in [1.807, 2.05) is 0 Å². The molecule has 0 unspecified atom stereocenters. The third kappa shape index (κ3) is 3.04. The Labute approximate surface area is 125 Å². The van der Waals surface area contributed by atoms with Gasteiger partial charge in [0.2, 0.25) is 0 Å². The molecule has 1 aliphatic carbocycles. The van der Waals surface area contributed by atoms with Gasteiger partial charge in [-0.15, -0.1) is 0 Å². The van der Waals surface area contributed by atoms with Gasteiger partial charge in [-0.1, -0.05) is 12.8 Å². The van der Waals surface area contributed by atoms with E-state index in [9.17, 15) is 4.79 Å². The SMILES string of the molecule is O=C1CCC(c2n[c-]no2)CC1.[Rb+]. The largest absolute Gasteiger partial charge is 1.00 e. The molecule has 1 aromatic rings. The molecule has 4 nitrogen and oxygen atoms in total. The number of rotatable bonds is 1. The van der Waals surface area contributed by atoms with E-state index in [2.05, 4.69) is 16.5 Å². The number of hydrogen-bond acceptors (Lipinski definition) is 4. The molecular weight excluding hydrogens is 242 g/mol. The van der Waals surface area contributed by atoms with Crippen molar-refractivity contribution in [3.05, 3.63) is 12.2 Å². The molecule has 0 bridgehead atoms. The van der Waals surface area contributed by atoms with Gasteiger partial charge in [-0.25, -0.2) is 0 Å². The molecular formula is C8H9N2O2Rb. The Balaban J connectivity index is 0.000000845. The molecule has 0 N–H and O–H groups in total. The fourth-order valence-corrected chi connectivity index (χ4v) is 1.51. The summed E-state index contributed by atoms with van der Waals surface area (Å²) in [5, 5.41) is 3.42. The summed E-state index contributed by atoms with van der Waals surface area (Å²) in [4.78, 5) is 14.8. The van der Waals surface area contributed by atoms with E-state index in [-0.39, 0.29) is 64.1 Å². The molecule has 0 radical (unpaired) electrons.